The molecule has 0 aliphatic heterocycles. The van der Waals surface area contributed by atoms with Crippen LogP contribution in [0.25, 0.3) is 0 Å². The third kappa shape index (κ3) is 10.6. The molecular weight excluding hydrogens is 202 g/mol. The van der Waals surface area contributed by atoms with Crippen LogP contribution in [0.3, 0.4) is 0 Å². The average Bonchev–Trinajstić information content (AvgIpc) is 2.22. The molecular formula is C13H29NS. The van der Waals surface area contributed by atoms with Crippen molar-refractivity contribution in [2.45, 2.75) is 71.1 Å². The van der Waals surface area contributed by atoms with E-state index in [0.29, 0.717) is 6.04 Å². The number of rotatable bonds is 10. The topological polar surface area (TPSA) is 12.0 Å². The summed E-state index contributed by atoms with van der Waals surface area (Å²) in [4.78, 5) is 0. The summed E-state index contributed by atoms with van der Waals surface area (Å²) < 4.78 is 0. The first kappa shape index (κ1) is 15.3. The second-order valence-electron chi connectivity index (χ2n) is 4.49. The fraction of sp³-hybridized carbons (Fsp3) is 1.00. The van der Waals surface area contributed by atoms with E-state index in [1.54, 1.807) is 0 Å². The molecule has 2 heteroatoms. The Balaban J connectivity index is 3.28. The molecule has 0 rings (SSSR count). The molecule has 0 aromatic heterocycles. The molecule has 0 heterocycles. The number of unbranched alkanes of at least 4 members (excludes halogenated alkanes) is 2. The van der Waals surface area contributed by atoms with E-state index in [4.69, 9.17) is 0 Å². The quantitative estimate of drug-likeness (QED) is 0.569. The van der Waals surface area contributed by atoms with E-state index >= 15 is 0 Å². The predicted octanol–water partition coefficient (Wildman–Crippen LogP) is 4.08. The van der Waals surface area contributed by atoms with Gasteiger partial charge in [0, 0.05) is 17.8 Å². The summed E-state index contributed by atoms with van der Waals surface area (Å²) in [6.45, 7) is 10.3. The molecule has 2 unspecified atom stereocenters. The fourth-order valence-corrected chi connectivity index (χ4v) is 2.58. The fourth-order valence-electron chi connectivity index (χ4n) is 1.60. The smallest absolute Gasteiger partial charge is 0.0144 e. The molecule has 0 aliphatic rings. The van der Waals surface area contributed by atoms with Crippen molar-refractivity contribution in [1.82, 2.24) is 5.32 Å². The van der Waals surface area contributed by atoms with Crippen LogP contribution in [0.15, 0.2) is 0 Å². The summed E-state index contributed by atoms with van der Waals surface area (Å²) in [7, 11) is 0. The maximum absolute atomic E-state index is 3.60. The van der Waals surface area contributed by atoms with Crippen molar-refractivity contribution < 1.29 is 0 Å². The van der Waals surface area contributed by atoms with Crippen molar-refractivity contribution in [1.29, 1.82) is 0 Å². The molecule has 2 atom stereocenters. The van der Waals surface area contributed by atoms with Gasteiger partial charge >= 0.3 is 0 Å². The minimum Gasteiger partial charge on any atom is -0.313 e. The lowest BCUT2D eigenvalue weighted by molar-refractivity contribution is 0.511. The summed E-state index contributed by atoms with van der Waals surface area (Å²) in [6, 6.07) is 0.689. The van der Waals surface area contributed by atoms with E-state index < -0.39 is 0 Å². The summed E-state index contributed by atoms with van der Waals surface area (Å²) in [5.74, 6) is 1.33. The Kier molecular flexibility index (Phi) is 11.0. The van der Waals surface area contributed by atoms with Gasteiger partial charge in [0.05, 0.1) is 0 Å². The van der Waals surface area contributed by atoms with Gasteiger partial charge in [-0.05, 0) is 25.5 Å². The Hall–Kier alpha value is 0.310. The Bertz CT molecular complexity index is 128. The van der Waals surface area contributed by atoms with Crippen LogP contribution < -0.4 is 5.32 Å². The molecule has 0 aromatic carbocycles. The second-order valence-corrected chi connectivity index (χ2v) is 6.03. The first-order chi connectivity index (χ1) is 7.20. The van der Waals surface area contributed by atoms with Crippen molar-refractivity contribution in [2.24, 2.45) is 0 Å². The number of hydrogen-bond acceptors (Lipinski definition) is 2. The van der Waals surface area contributed by atoms with E-state index in [1.807, 2.05) is 0 Å². The Morgan fingerprint density at radius 3 is 2.40 bits per heavy atom. The minimum atomic E-state index is 0.689. The maximum Gasteiger partial charge on any atom is 0.0144 e. The number of hydrogen-bond donors (Lipinski definition) is 1. The van der Waals surface area contributed by atoms with Crippen LogP contribution in [0, 0.1) is 0 Å². The zero-order valence-corrected chi connectivity index (χ0v) is 11.8. The predicted molar refractivity (Wildman–Crippen MR) is 73.8 cm³/mol. The maximum atomic E-state index is 3.60. The summed E-state index contributed by atoms with van der Waals surface area (Å²) >= 11 is 2.11. The minimum absolute atomic E-state index is 0.689. The highest BCUT2D eigenvalue weighted by molar-refractivity contribution is 7.99. The summed E-state index contributed by atoms with van der Waals surface area (Å²) in [6.07, 6.45) is 6.69. The zero-order chi connectivity index (χ0) is 11.5. The van der Waals surface area contributed by atoms with Crippen LogP contribution >= 0.6 is 11.8 Å². The molecule has 0 aromatic rings. The van der Waals surface area contributed by atoms with Crippen molar-refractivity contribution in [2.75, 3.05) is 12.3 Å². The van der Waals surface area contributed by atoms with Crippen molar-refractivity contribution in [3.63, 3.8) is 0 Å². The molecule has 0 radical (unpaired) electrons. The highest BCUT2D eigenvalue weighted by Crippen LogP contribution is 2.12. The molecule has 92 valence electrons. The summed E-state index contributed by atoms with van der Waals surface area (Å²) in [5, 5.41) is 4.37. The highest BCUT2D eigenvalue weighted by Gasteiger charge is 2.04. The van der Waals surface area contributed by atoms with Crippen LogP contribution in [0.2, 0.25) is 0 Å². The van der Waals surface area contributed by atoms with Gasteiger partial charge in [0.25, 0.3) is 0 Å². The van der Waals surface area contributed by atoms with Crippen LogP contribution in [-0.4, -0.2) is 23.6 Å². The monoisotopic (exact) mass is 231 g/mol. The van der Waals surface area contributed by atoms with Crippen LogP contribution in [0.1, 0.15) is 59.8 Å². The van der Waals surface area contributed by atoms with Gasteiger partial charge in [-0.25, -0.2) is 0 Å². The van der Waals surface area contributed by atoms with E-state index in [0.717, 1.165) is 11.8 Å². The van der Waals surface area contributed by atoms with Gasteiger partial charge in [-0.1, -0.05) is 40.0 Å². The molecule has 0 bridgehead atoms. The van der Waals surface area contributed by atoms with E-state index in [1.165, 1.54) is 37.9 Å². The van der Waals surface area contributed by atoms with Crippen LogP contribution in [-0.2, 0) is 0 Å². The third-order valence-corrected chi connectivity index (χ3v) is 3.89. The molecule has 1 N–H and O–H groups in total. The van der Waals surface area contributed by atoms with E-state index in [2.05, 4.69) is 44.8 Å². The van der Waals surface area contributed by atoms with Crippen LogP contribution in [0.4, 0.5) is 0 Å². The lowest BCUT2D eigenvalue weighted by Gasteiger charge is -2.16. The highest BCUT2D eigenvalue weighted by atomic mass is 32.2. The molecule has 0 amide bonds. The van der Waals surface area contributed by atoms with Gasteiger partial charge < -0.3 is 5.32 Å². The normalized spacial score (nSPS) is 15.2. The molecule has 0 spiro atoms. The standard InChI is InChI=1S/C13H29NS/c1-5-7-8-10-15-13(4)11-14-12(3)9-6-2/h12-14H,5-11H2,1-4H3. The Morgan fingerprint density at radius 2 is 1.80 bits per heavy atom. The number of thioether (sulfide) groups is 1. The van der Waals surface area contributed by atoms with Gasteiger partial charge in [0.15, 0.2) is 0 Å². The molecule has 15 heavy (non-hydrogen) atoms. The molecule has 1 nitrogen and oxygen atoms in total. The van der Waals surface area contributed by atoms with Gasteiger partial charge in [-0.2, -0.15) is 11.8 Å². The molecule has 0 saturated heterocycles. The lowest BCUT2D eigenvalue weighted by Crippen LogP contribution is -2.31. The van der Waals surface area contributed by atoms with Crippen molar-refractivity contribution >= 4 is 11.8 Å². The lowest BCUT2D eigenvalue weighted by atomic mass is 10.2. The van der Waals surface area contributed by atoms with E-state index in [-0.39, 0.29) is 0 Å². The second kappa shape index (κ2) is 10.8. The van der Waals surface area contributed by atoms with Crippen molar-refractivity contribution in [3.8, 4) is 0 Å². The Morgan fingerprint density at radius 1 is 1.07 bits per heavy atom. The van der Waals surface area contributed by atoms with Crippen molar-refractivity contribution in [3.05, 3.63) is 0 Å². The van der Waals surface area contributed by atoms with Gasteiger partial charge in [0.1, 0.15) is 0 Å². The van der Waals surface area contributed by atoms with Crippen LogP contribution in [0.5, 0.6) is 0 Å². The molecule has 0 aliphatic carbocycles. The largest absolute Gasteiger partial charge is 0.313 e. The summed E-state index contributed by atoms with van der Waals surface area (Å²) in [5.41, 5.74) is 0. The van der Waals surface area contributed by atoms with Gasteiger partial charge in [-0.3, -0.25) is 0 Å². The first-order valence-electron chi connectivity index (χ1n) is 6.55. The first-order valence-corrected chi connectivity index (χ1v) is 7.60. The zero-order valence-electron chi connectivity index (χ0n) is 11.0. The third-order valence-electron chi connectivity index (χ3n) is 2.63. The van der Waals surface area contributed by atoms with E-state index in [9.17, 15) is 0 Å². The van der Waals surface area contributed by atoms with Gasteiger partial charge in [-0.15, -0.1) is 0 Å². The average molecular weight is 231 g/mol. The number of nitrogens with one attached hydrogen (secondary N) is 1. The Labute approximate surface area is 101 Å². The molecule has 0 fully saturated rings. The molecule has 0 saturated carbocycles. The van der Waals surface area contributed by atoms with Gasteiger partial charge in [0.2, 0.25) is 0 Å². The SMILES string of the molecule is CCCCCSC(C)CNC(C)CCC.